The van der Waals surface area contributed by atoms with Crippen LogP contribution in [0.2, 0.25) is 0 Å². The summed E-state index contributed by atoms with van der Waals surface area (Å²) in [6.07, 6.45) is 0. The molecule has 1 atom stereocenters. The molecule has 0 spiro atoms. The first-order chi connectivity index (χ1) is 13.9. The summed E-state index contributed by atoms with van der Waals surface area (Å²) >= 11 is 1.31. The third kappa shape index (κ3) is 5.83. The molecule has 0 saturated heterocycles. The molecule has 1 heterocycles. The highest BCUT2D eigenvalue weighted by atomic mass is 32.1. The summed E-state index contributed by atoms with van der Waals surface area (Å²) in [4.78, 5) is 21.6. The number of ether oxygens (including phenoxy) is 2. The van der Waals surface area contributed by atoms with Crippen LogP contribution in [0.4, 0.5) is 0 Å². The molecule has 2 aromatic rings. The number of thiazole rings is 1. The first kappa shape index (κ1) is 22.5. The van der Waals surface area contributed by atoms with Gasteiger partial charge in [0.05, 0.1) is 32.0 Å². The SMILES string of the molecule is CCNC(=NCc1cccc(OC)c1O)NC(C)c1nc(C)c(C(=O)OCC)s1. The van der Waals surface area contributed by atoms with E-state index in [9.17, 15) is 9.90 Å². The van der Waals surface area contributed by atoms with Gasteiger partial charge in [-0.2, -0.15) is 0 Å². The van der Waals surface area contributed by atoms with Gasteiger partial charge in [-0.15, -0.1) is 11.3 Å². The maximum absolute atomic E-state index is 12.0. The van der Waals surface area contributed by atoms with E-state index in [2.05, 4.69) is 20.6 Å². The van der Waals surface area contributed by atoms with Crippen molar-refractivity contribution in [3.63, 3.8) is 0 Å². The van der Waals surface area contributed by atoms with Crippen LogP contribution in [0.15, 0.2) is 23.2 Å². The molecule has 0 saturated carbocycles. The van der Waals surface area contributed by atoms with Crippen molar-refractivity contribution in [2.24, 2.45) is 4.99 Å². The van der Waals surface area contributed by atoms with Gasteiger partial charge in [-0.3, -0.25) is 0 Å². The lowest BCUT2D eigenvalue weighted by Gasteiger charge is -2.16. The lowest BCUT2D eigenvalue weighted by atomic mass is 10.2. The zero-order valence-electron chi connectivity index (χ0n) is 17.4. The van der Waals surface area contributed by atoms with Gasteiger partial charge in [0.1, 0.15) is 9.88 Å². The molecule has 0 fully saturated rings. The molecule has 0 aliphatic carbocycles. The van der Waals surface area contributed by atoms with E-state index in [4.69, 9.17) is 9.47 Å². The summed E-state index contributed by atoms with van der Waals surface area (Å²) in [6.45, 7) is 8.76. The van der Waals surface area contributed by atoms with Crippen LogP contribution >= 0.6 is 11.3 Å². The van der Waals surface area contributed by atoms with Crippen LogP contribution in [-0.4, -0.2) is 42.3 Å². The van der Waals surface area contributed by atoms with Crippen molar-refractivity contribution in [3.8, 4) is 11.5 Å². The number of aliphatic imine (C=N–C) groups is 1. The number of hydrogen-bond donors (Lipinski definition) is 3. The van der Waals surface area contributed by atoms with E-state index in [0.717, 1.165) is 5.01 Å². The molecule has 0 amide bonds. The van der Waals surface area contributed by atoms with Crippen molar-refractivity contribution in [2.45, 2.75) is 40.3 Å². The number of guanidine groups is 1. The Hall–Kier alpha value is -2.81. The largest absolute Gasteiger partial charge is 0.504 e. The van der Waals surface area contributed by atoms with Crippen molar-refractivity contribution in [3.05, 3.63) is 39.3 Å². The number of phenols is 1. The van der Waals surface area contributed by atoms with E-state index in [1.807, 2.05) is 19.9 Å². The van der Waals surface area contributed by atoms with E-state index < -0.39 is 0 Å². The van der Waals surface area contributed by atoms with Gasteiger partial charge in [0.25, 0.3) is 0 Å². The molecular formula is C20H28N4O4S. The summed E-state index contributed by atoms with van der Waals surface area (Å²) in [5.41, 5.74) is 1.31. The third-order valence-corrected chi connectivity index (χ3v) is 5.37. The number of aromatic nitrogens is 1. The lowest BCUT2D eigenvalue weighted by molar-refractivity contribution is 0.0531. The van der Waals surface area contributed by atoms with Crippen molar-refractivity contribution in [1.29, 1.82) is 0 Å². The van der Waals surface area contributed by atoms with Crippen LogP contribution in [0, 0.1) is 6.92 Å². The van der Waals surface area contributed by atoms with Crippen molar-refractivity contribution < 1.29 is 19.4 Å². The fourth-order valence-electron chi connectivity index (χ4n) is 2.60. The average molecular weight is 421 g/mol. The molecular weight excluding hydrogens is 392 g/mol. The van der Waals surface area contributed by atoms with E-state index in [-0.39, 0.29) is 24.3 Å². The van der Waals surface area contributed by atoms with Gasteiger partial charge in [0.15, 0.2) is 17.5 Å². The Bertz CT molecular complexity index is 866. The monoisotopic (exact) mass is 420 g/mol. The van der Waals surface area contributed by atoms with Gasteiger partial charge in [-0.1, -0.05) is 12.1 Å². The summed E-state index contributed by atoms with van der Waals surface area (Å²) in [7, 11) is 1.51. The number of rotatable bonds is 8. The van der Waals surface area contributed by atoms with E-state index in [1.165, 1.54) is 18.4 Å². The highest BCUT2D eigenvalue weighted by molar-refractivity contribution is 7.13. The maximum atomic E-state index is 12.0. The smallest absolute Gasteiger partial charge is 0.350 e. The van der Waals surface area contributed by atoms with Gasteiger partial charge in [0, 0.05) is 12.1 Å². The number of benzene rings is 1. The average Bonchev–Trinajstić information content (AvgIpc) is 3.09. The van der Waals surface area contributed by atoms with E-state index >= 15 is 0 Å². The molecule has 1 aromatic heterocycles. The molecule has 9 heteroatoms. The zero-order chi connectivity index (χ0) is 21.4. The number of aryl methyl sites for hydroxylation is 1. The Labute approximate surface area is 175 Å². The molecule has 0 aliphatic heterocycles. The van der Waals surface area contributed by atoms with Crippen LogP contribution in [0.3, 0.4) is 0 Å². The third-order valence-electron chi connectivity index (χ3n) is 4.05. The van der Waals surface area contributed by atoms with Gasteiger partial charge in [-0.25, -0.2) is 14.8 Å². The molecule has 0 aliphatic rings. The number of methoxy groups -OCH3 is 1. The second-order valence-electron chi connectivity index (χ2n) is 6.22. The Balaban J connectivity index is 2.15. The van der Waals surface area contributed by atoms with Crippen LogP contribution in [0.25, 0.3) is 0 Å². The normalized spacial score (nSPS) is 12.4. The minimum Gasteiger partial charge on any atom is -0.504 e. The molecule has 1 aromatic carbocycles. The Morgan fingerprint density at radius 3 is 2.79 bits per heavy atom. The molecule has 2 rings (SSSR count). The minimum atomic E-state index is -0.352. The number of nitrogens with zero attached hydrogens (tertiary/aromatic N) is 2. The first-order valence-corrected chi connectivity index (χ1v) is 10.3. The second-order valence-corrected chi connectivity index (χ2v) is 7.25. The summed E-state index contributed by atoms with van der Waals surface area (Å²) < 4.78 is 10.2. The molecule has 158 valence electrons. The number of para-hydroxylation sites is 1. The predicted molar refractivity (Wildman–Crippen MR) is 114 cm³/mol. The lowest BCUT2D eigenvalue weighted by Crippen LogP contribution is -2.38. The Kier molecular flexibility index (Phi) is 8.26. The van der Waals surface area contributed by atoms with Crippen LogP contribution < -0.4 is 15.4 Å². The number of carbonyl (C=O) groups excluding carboxylic acids is 1. The molecule has 29 heavy (non-hydrogen) atoms. The Morgan fingerprint density at radius 2 is 2.14 bits per heavy atom. The minimum absolute atomic E-state index is 0.0808. The Morgan fingerprint density at radius 1 is 1.38 bits per heavy atom. The standard InChI is InChI=1S/C20H28N4O4S/c1-6-21-20(22-11-14-9-8-10-15(27-5)16(14)25)24-13(4)18-23-12(3)17(29-18)19(26)28-7-2/h8-10,13,25H,6-7,11H2,1-5H3,(H2,21,22,24). The summed E-state index contributed by atoms with van der Waals surface area (Å²) in [5, 5.41) is 17.5. The van der Waals surface area contributed by atoms with Crippen LogP contribution in [-0.2, 0) is 11.3 Å². The molecule has 1 unspecified atom stereocenters. The van der Waals surface area contributed by atoms with E-state index in [1.54, 1.807) is 26.0 Å². The van der Waals surface area contributed by atoms with Crippen molar-refractivity contribution >= 4 is 23.3 Å². The number of carbonyl (C=O) groups is 1. The quantitative estimate of drug-likeness (QED) is 0.342. The molecule has 3 N–H and O–H groups in total. The predicted octanol–water partition coefficient (Wildman–Crippen LogP) is 3.16. The van der Waals surface area contributed by atoms with Crippen molar-refractivity contribution in [2.75, 3.05) is 20.3 Å². The summed E-state index contributed by atoms with van der Waals surface area (Å²) in [6, 6.07) is 5.13. The summed E-state index contributed by atoms with van der Waals surface area (Å²) in [5.74, 6) is 0.717. The number of nitrogens with one attached hydrogen (secondary N) is 2. The zero-order valence-corrected chi connectivity index (χ0v) is 18.2. The molecule has 0 bridgehead atoms. The number of esters is 1. The van der Waals surface area contributed by atoms with Gasteiger partial charge < -0.3 is 25.2 Å². The molecule has 8 nitrogen and oxygen atoms in total. The van der Waals surface area contributed by atoms with E-state index in [0.29, 0.717) is 41.0 Å². The van der Waals surface area contributed by atoms with Crippen LogP contribution in [0.5, 0.6) is 11.5 Å². The number of phenolic OH excluding ortho intramolecular Hbond substituents is 1. The fraction of sp³-hybridized carbons (Fsp3) is 0.450. The van der Waals surface area contributed by atoms with Crippen molar-refractivity contribution in [1.82, 2.24) is 15.6 Å². The second kappa shape index (κ2) is 10.7. The van der Waals surface area contributed by atoms with Crippen LogP contribution in [0.1, 0.15) is 52.7 Å². The fourth-order valence-corrected chi connectivity index (χ4v) is 3.56. The topological polar surface area (TPSA) is 105 Å². The highest BCUT2D eigenvalue weighted by Gasteiger charge is 2.20. The number of aromatic hydroxyl groups is 1. The first-order valence-electron chi connectivity index (χ1n) is 9.45. The van der Waals surface area contributed by atoms with Gasteiger partial charge >= 0.3 is 5.97 Å². The molecule has 0 radical (unpaired) electrons. The maximum Gasteiger partial charge on any atom is 0.350 e. The van der Waals surface area contributed by atoms with Gasteiger partial charge in [-0.05, 0) is 33.8 Å². The van der Waals surface area contributed by atoms with Gasteiger partial charge in [0.2, 0.25) is 0 Å². The highest BCUT2D eigenvalue weighted by Crippen LogP contribution is 2.30. The number of hydrogen-bond acceptors (Lipinski definition) is 7.